The number of hydrogen-bond donors (Lipinski definition) is 0. The summed E-state index contributed by atoms with van der Waals surface area (Å²) in [4.78, 5) is 21.9. The fourth-order valence-corrected chi connectivity index (χ4v) is 3.12. The molecule has 0 spiro atoms. The van der Waals surface area contributed by atoms with Crippen LogP contribution in [0, 0.1) is 6.92 Å². The number of nitrogens with zero attached hydrogens (tertiary/aromatic N) is 3. The van der Waals surface area contributed by atoms with Crippen LogP contribution in [0.2, 0.25) is 0 Å². The van der Waals surface area contributed by atoms with Gasteiger partial charge >= 0.3 is 0 Å². The Bertz CT molecular complexity index is 979. The number of aromatic nitrogens is 2. The van der Waals surface area contributed by atoms with Gasteiger partial charge in [-0.25, -0.2) is 4.98 Å². The average Bonchev–Trinajstić information content (AvgIpc) is 2.96. The molecule has 0 saturated carbocycles. The SMILES string of the molecule is Cc1cccc2c1ncn2C1=NC(C)(C)C(=O)c2ccccc21. The first-order chi connectivity index (χ1) is 11.0. The Morgan fingerprint density at radius 3 is 2.52 bits per heavy atom. The van der Waals surface area contributed by atoms with E-state index in [9.17, 15) is 4.79 Å². The zero-order valence-electron chi connectivity index (χ0n) is 13.4. The lowest BCUT2D eigenvalue weighted by atomic mass is 9.87. The number of rotatable bonds is 0. The maximum atomic E-state index is 12.6. The standard InChI is InChI=1S/C19H17N3O/c1-12-7-6-10-15-16(12)20-11-22(15)18-14-9-5-4-8-13(14)17(23)19(2,3)21-18/h4-11H,1-3H3. The van der Waals surface area contributed by atoms with Gasteiger partial charge in [0.2, 0.25) is 0 Å². The van der Waals surface area contributed by atoms with Crippen molar-refractivity contribution in [3.05, 3.63) is 65.5 Å². The van der Waals surface area contributed by atoms with E-state index in [1.165, 1.54) is 0 Å². The van der Waals surface area contributed by atoms with Gasteiger partial charge in [-0.3, -0.25) is 14.4 Å². The van der Waals surface area contributed by atoms with Crippen LogP contribution in [0.15, 0.2) is 53.8 Å². The molecule has 114 valence electrons. The molecule has 0 fully saturated rings. The Morgan fingerprint density at radius 1 is 1.00 bits per heavy atom. The largest absolute Gasteiger partial charge is 0.291 e. The third-order valence-corrected chi connectivity index (χ3v) is 4.36. The number of benzene rings is 2. The van der Waals surface area contributed by atoms with Gasteiger partial charge in [-0.1, -0.05) is 36.4 Å². The van der Waals surface area contributed by atoms with Crippen molar-refractivity contribution < 1.29 is 4.79 Å². The fraction of sp³-hybridized carbons (Fsp3) is 0.211. The number of Topliss-reactive ketones (excluding diaryl/α,β-unsaturated/α-hetero) is 1. The molecule has 2 heterocycles. The van der Waals surface area contributed by atoms with E-state index in [0.29, 0.717) is 0 Å². The van der Waals surface area contributed by atoms with Crippen molar-refractivity contribution in [2.45, 2.75) is 26.3 Å². The van der Waals surface area contributed by atoms with Crippen LogP contribution < -0.4 is 0 Å². The summed E-state index contributed by atoms with van der Waals surface area (Å²) in [5.41, 5.74) is 3.89. The van der Waals surface area contributed by atoms with E-state index in [0.717, 1.165) is 33.6 Å². The number of aryl methyl sites for hydroxylation is 1. The molecule has 0 amide bonds. The molecule has 4 heteroatoms. The van der Waals surface area contributed by atoms with Crippen molar-refractivity contribution in [1.29, 1.82) is 0 Å². The van der Waals surface area contributed by atoms with Gasteiger partial charge in [-0.15, -0.1) is 0 Å². The van der Waals surface area contributed by atoms with E-state index in [-0.39, 0.29) is 5.78 Å². The normalized spacial score (nSPS) is 16.3. The number of carbonyl (C=O) groups is 1. The third kappa shape index (κ3) is 1.95. The molecular formula is C19H17N3O. The summed E-state index contributed by atoms with van der Waals surface area (Å²) >= 11 is 0. The highest BCUT2D eigenvalue weighted by atomic mass is 16.1. The molecule has 4 rings (SSSR count). The Balaban J connectivity index is 2.04. The van der Waals surface area contributed by atoms with Crippen molar-refractivity contribution >= 4 is 22.7 Å². The lowest BCUT2D eigenvalue weighted by Crippen LogP contribution is -2.38. The van der Waals surface area contributed by atoms with Crippen LogP contribution in [0.25, 0.3) is 11.0 Å². The first-order valence-electron chi connectivity index (χ1n) is 7.66. The monoisotopic (exact) mass is 303 g/mol. The van der Waals surface area contributed by atoms with Gasteiger partial charge in [0.15, 0.2) is 5.78 Å². The van der Waals surface area contributed by atoms with Crippen LogP contribution in [0.1, 0.15) is 35.3 Å². The Kier molecular flexibility index (Phi) is 2.79. The van der Waals surface area contributed by atoms with Crippen molar-refractivity contribution in [1.82, 2.24) is 9.55 Å². The first kappa shape index (κ1) is 13.9. The highest BCUT2D eigenvalue weighted by Crippen LogP contribution is 2.29. The van der Waals surface area contributed by atoms with Gasteiger partial charge in [-0.05, 0) is 32.4 Å². The van der Waals surface area contributed by atoms with E-state index in [4.69, 9.17) is 4.99 Å². The molecule has 2 aromatic carbocycles. The number of carbonyl (C=O) groups excluding carboxylic acids is 1. The molecule has 1 aromatic heterocycles. The van der Waals surface area contributed by atoms with Crippen LogP contribution in [-0.4, -0.2) is 26.7 Å². The summed E-state index contributed by atoms with van der Waals surface area (Å²) in [5, 5.41) is 0. The zero-order valence-corrected chi connectivity index (χ0v) is 13.4. The molecule has 0 atom stereocenters. The Hall–Kier alpha value is -2.75. The van der Waals surface area contributed by atoms with Crippen LogP contribution in [0.3, 0.4) is 0 Å². The Labute approximate surface area is 134 Å². The van der Waals surface area contributed by atoms with E-state index < -0.39 is 5.54 Å². The van der Waals surface area contributed by atoms with Crippen LogP contribution >= 0.6 is 0 Å². The van der Waals surface area contributed by atoms with Crippen LogP contribution in [0.4, 0.5) is 0 Å². The van der Waals surface area contributed by atoms with Crippen molar-refractivity contribution in [3.63, 3.8) is 0 Å². The molecule has 0 unspecified atom stereocenters. The average molecular weight is 303 g/mol. The number of aliphatic imine (C=N–C) groups is 1. The van der Waals surface area contributed by atoms with Crippen LogP contribution in [-0.2, 0) is 0 Å². The van der Waals surface area contributed by atoms with E-state index >= 15 is 0 Å². The number of hydrogen-bond acceptors (Lipinski definition) is 3. The second-order valence-electron chi connectivity index (χ2n) is 6.43. The molecule has 4 nitrogen and oxygen atoms in total. The molecule has 0 saturated heterocycles. The van der Waals surface area contributed by atoms with E-state index in [2.05, 4.69) is 4.98 Å². The lowest BCUT2D eigenvalue weighted by molar-refractivity contribution is 0.0912. The van der Waals surface area contributed by atoms with Gasteiger partial charge in [0, 0.05) is 11.1 Å². The summed E-state index contributed by atoms with van der Waals surface area (Å²) in [5.74, 6) is 0.829. The maximum absolute atomic E-state index is 12.6. The molecule has 3 aromatic rings. The molecule has 1 aliphatic rings. The van der Waals surface area contributed by atoms with E-state index in [1.807, 2.05) is 67.8 Å². The second kappa shape index (κ2) is 4.62. The molecule has 0 bridgehead atoms. The van der Waals surface area contributed by atoms with Gasteiger partial charge in [-0.2, -0.15) is 0 Å². The lowest BCUT2D eigenvalue weighted by Gasteiger charge is -2.27. The third-order valence-electron chi connectivity index (χ3n) is 4.36. The molecule has 1 aliphatic heterocycles. The van der Waals surface area contributed by atoms with E-state index in [1.54, 1.807) is 6.33 Å². The Morgan fingerprint density at radius 2 is 1.74 bits per heavy atom. The minimum absolute atomic E-state index is 0.0532. The fourth-order valence-electron chi connectivity index (χ4n) is 3.12. The quantitative estimate of drug-likeness (QED) is 0.637. The summed E-state index contributed by atoms with van der Waals surface area (Å²) in [6.07, 6.45) is 1.79. The number of ketones is 1. The molecule has 0 N–H and O–H groups in total. The second-order valence-corrected chi connectivity index (χ2v) is 6.43. The summed E-state index contributed by atoms with van der Waals surface area (Å²) in [6.45, 7) is 5.76. The van der Waals surface area contributed by atoms with Crippen molar-refractivity contribution in [3.8, 4) is 0 Å². The van der Waals surface area contributed by atoms with Gasteiger partial charge in [0.05, 0.1) is 11.0 Å². The minimum Gasteiger partial charge on any atom is -0.291 e. The van der Waals surface area contributed by atoms with Crippen LogP contribution in [0.5, 0.6) is 0 Å². The highest BCUT2D eigenvalue weighted by Gasteiger charge is 2.36. The molecule has 23 heavy (non-hydrogen) atoms. The maximum Gasteiger partial charge on any atom is 0.190 e. The first-order valence-corrected chi connectivity index (χ1v) is 7.66. The minimum atomic E-state index is -0.774. The van der Waals surface area contributed by atoms with Crippen molar-refractivity contribution in [2.24, 2.45) is 4.99 Å². The number of fused-ring (bicyclic) bond motifs is 2. The summed E-state index contributed by atoms with van der Waals surface area (Å²) < 4.78 is 1.98. The van der Waals surface area contributed by atoms with Gasteiger partial charge in [0.1, 0.15) is 17.7 Å². The number of para-hydroxylation sites is 1. The molecule has 0 radical (unpaired) electrons. The molecular weight excluding hydrogens is 286 g/mol. The topological polar surface area (TPSA) is 47.2 Å². The highest BCUT2D eigenvalue weighted by molar-refractivity contribution is 6.19. The molecule has 0 aliphatic carbocycles. The number of imidazole rings is 1. The smallest absolute Gasteiger partial charge is 0.190 e. The summed E-state index contributed by atoms with van der Waals surface area (Å²) in [7, 11) is 0. The van der Waals surface area contributed by atoms with Gasteiger partial charge in [0.25, 0.3) is 0 Å². The zero-order chi connectivity index (χ0) is 16.2. The predicted molar refractivity (Wildman–Crippen MR) is 91.3 cm³/mol. The van der Waals surface area contributed by atoms with Gasteiger partial charge < -0.3 is 0 Å². The van der Waals surface area contributed by atoms with Crippen molar-refractivity contribution in [2.75, 3.05) is 0 Å². The summed E-state index contributed by atoms with van der Waals surface area (Å²) in [6, 6.07) is 13.7. The predicted octanol–water partition coefficient (Wildman–Crippen LogP) is 3.61.